The minimum absolute atomic E-state index is 0.101. The number of carbonyl (C=O) groups excluding carboxylic acids is 1. The molecule has 150 valence electrons. The summed E-state index contributed by atoms with van der Waals surface area (Å²) in [6, 6.07) is 15.1. The molecule has 1 aliphatic rings. The number of hydrogen-bond donors (Lipinski definition) is 2. The van der Waals surface area contributed by atoms with Gasteiger partial charge in [-0.2, -0.15) is 0 Å². The molecule has 29 heavy (non-hydrogen) atoms. The lowest BCUT2D eigenvalue weighted by atomic mass is 10.0. The molecule has 2 atom stereocenters. The number of halogens is 1. The number of ether oxygens (including phenoxy) is 1. The van der Waals surface area contributed by atoms with Crippen molar-refractivity contribution in [3.63, 3.8) is 0 Å². The van der Waals surface area contributed by atoms with Gasteiger partial charge in [0, 0.05) is 10.2 Å². The van der Waals surface area contributed by atoms with Crippen LogP contribution in [0.25, 0.3) is 0 Å². The topological polar surface area (TPSA) is 81.1 Å². The van der Waals surface area contributed by atoms with E-state index in [-0.39, 0.29) is 11.9 Å². The fraction of sp³-hybridized carbons (Fsp3) is 0.250. The summed E-state index contributed by atoms with van der Waals surface area (Å²) in [5, 5.41) is 11.6. The Morgan fingerprint density at radius 2 is 1.93 bits per heavy atom. The smallest absolute Gasteiger partial charge is 0.240 e. The molecule has 9 heteroatoms. The number of anilines is 1. The molecule has 4 rings (SSSR count). The van der Waals surface area contributed by atoms with Crippen molar-refractivity contribution in [2.45, 2.75) is 30.3 Å². The second-order valence-electron chi connectivity index (χ2n) is 6.51. The number of nitrogens with zero attached hydrogens (tertiary/aromatic N) is 3. The van der Waals surface area contributed by atoms with E-state index in [1.165, 1.54) is 11.8 Å². The molecule has 0 saturated heterocycles. The standard InChI is InChI=1S/C20H20BrN5O2S/c1-3-28-16-10-4-13(5-11-16)17-18(29-20-24-23-12(2)26(20)25-17)19(27)22-15-8-6-14(21)7-9-15/h4-11,17-18,25H,3H2,1-2H3,(H,22,27)/t17-,18+/m0/s1. The van der Waals surface area contributed by atoms with Gasteiger partial charge in [-0.1, -0.05) is 39.8 Å². The molecule has 2 aromatic carbocycles. The largest absolute Gasteiger partial charge is 0.494 e. The number of thioether (sulfide) groups is 1. The van der Waals surface area contributed by atoms with Crippen LogP contribution < -0.4 is 15.5 Å². The van der Waals surface area contributed by atoms with E-state index in [9.17, 15) is 4.79 Å². The van der Waals surface area contributed by atoms with E-state index in [0.29, 0.717) is 11.8 Å². The minimum Gasteiger partial charge on any atom is -0.494 e. The van der Waals surface area contributed by atoms with Gasteiger partial charge in [0.05, 0.1) is 12.6 Å². The summed E-state index contributed by atoms with van der Waals surface area (Å²) in [6.45, 7) is 4.44. The maximum atomic E-state index is 13.2. The molecular weight excluding hydrogens is 454 g/mol. The van der Waals surface area contributed by atoms with Crippen LogP contribution in [0.15, 0.2) is 58.2 Å². The van der Waals surface area contributed by atoms with Crippen LogP contribution in [0.5, 0.6) is 5.75 Å². The highest BCUT2D eigenvalue weighted by atomic mass is 79.9. The first-order valence-electron chi connectivity index (χ1n) is 9.19. The molecule has 1 aromatic heterocycles. The maximum Gasteiger partial charge on any atom is 0.240 e. The highest BCUT2D eigenvalue weighted by Gasteiger charge is 2.37. The lowest BCUT2D eigenvalue weighted by Gasteiger charge is -2.32. The molecule has 1 amide bonds. The van der Waals surface area contributed by atoms with Crippen LogP contribution in [-0.2, 0) is 4.79 Å². The Balaban J connectivity index is 1.62. The number of amides is 1. The molecule has 2 N–H and O–H groups in total. The van der Waals surface area contributed by atoms with Gasteiger partial charge in [0.2, 0.25) is 11.1 Å². The number of carbonyl (C=O) groups is 1. The number of aryl methyl sites for hydroxylation is 1. The average Bonchev–Trinajstić information content (AvgIpc) is 3.10. The average molecular weight is 474 g/mol. The van der Waals surface area contributed by atoms with E-state index in [4.69, 9.17) is 4.74 Å². The van der Waals surface area contributed by atoms with E-state index >= 15 is 0 Å². The van der Waals surface area contributed by atoms with E-state index < -0.39 is 5.25 Å². The highest BCUT2D eigenvalue weighted by molar-refractivity contribution is 9.10. The zero-order valence-electron chi connectivity index (χ0n) is 15.9. The fourth-order valence-electron chi connectivity index (χ4n) is 3.10. The molecule has 0 aliphatic carbocycles. The number of rotatable bonds is 5. The zero-order valence-corrected chi connectivity index (χ0v) is 18.3. The van der Waals surface area contributed by atoms with Crippen LogP contribution >= 0.6 is 27.7 Å². The highest BCUT2D eigenvalue weighted by Crippen LogP contribution is 2.38. The number of fused-ring (bicyclic) bond motifs is 1. The Labute approximate surface area is 181 Å². The molecule has 0 bridgehead atoms. The normalized spacial score (nSPS) is 17.9. The van der Waals surface area contributed by atoms with Crippen molar-refractivity contribution in [1.29, 1.82) is 0 Å². The molecule has 2 heterocycles. The Kier molecular flexibility index (Phi) is 5.77. The SMILES string of the molecule is CCOc1ccc([C@@H]2Nn3c(C)nnc3S[C@H]2C(=O)Nc2ccc(Br)cc2)cc1. The predicted octanol–water partition coefficient (Wildman–Crippen LogP) is 4.15. The second kappa shape index (κ2) is 8.46. The number of benzene rings is 2. The van der Waals surface area contributed by atoms with Crippen LogP contribution in [0.1, 0.15) is 24.4 Å². The van der Waals surface area contributed by atoms with E-state index in [1.54, 1.807) is 0 Å². The van der Waals surface area contributed by atoms with Gasteiger partial charge in [0.15, 0.2) is 0 Å². The maximum absolute atomic E-state index is 13.2. The molecule has 0 saturated carbocycles. The Morgan fingerprint density at radius 3 is 2.62 bits per heavy atom. The Morgan fingerprint density at radius 1 is 1.21 bits per heavy atom. The molecule has 0 spiro atoms. The summed E-state index contributed by atoms with van der Waals surface area (Å²) in [7, 11) is 0. The first-order valence-corrected chi connectivity index (χ1v) is 10.9. The molecule has 7 nitrogen and oxygen atoms in total. The first-order chi connectivity index (χ1) is 14.0. The minimum atomic E-state index is -0.423. The van der Waals surface area contributed by atoms with Crippen LogP contribution in [0.4, 0.5) is 5.69 Å². The van der Waals surface area contributed by atoms with Gasteiger partial charge in [-0.3, -0.25) is 4.79 Å². The quantitative estimate of drug-likeness (QED) is 0.579. The van der Waals surface area contributed by atoms with Gasteiger partial charge < -0.3 is 15.5 Å². The summed E-state index contributed by atoms with van der Waals surface area (Å²) in [5.41, 5.74) is 5.13. The summed E-state index contributed by atoms with van der Waals surface area (Å²) < 4.78 is 8.33. The third kappa shape index (κ3) is 4.25. The molecule has 0 fully saturated rings. The molecular formula is C20H20BrN5O2S. The van der Waals surface area contributed by atoms with E-state index in [2.05, 4.69) is 36.9 Å². The van der Waals surface area contributed by atoms with E-state index in [0.717, 1.165) is 27.3 Å². The third-order valence-electron chi connectivity index (χ3n) is 4.52. The van der Waals surface area contributed by atoms with Crippen LogP contribution in [-0.4, -0.2) is 32.6 Å². The monoisotopic (exact) mass is 473 g/mol. The number of hydrogen-bond acceptors (Lipinski definition) is 6. The van der Waals surface area contributed by atoms with Crippen LogP contribution in [0.2, 0.25) is 0 Å². The zero-order chi connectivity index (χ0) is 20.4. The van der Waals surface area contributed by atoms with Crippen molar-refractivity contribution in [2.75, 3.05) is 17.3 Å². The molecule has 0 unspecified atom stereocenters. The summed E-state index contributed by atoms with van der Waals surface area (Å²) in [5.74, 6) is 1.45. The first kappa shape index (κ1) is 19.8. The Hall–Kier alpha value is -2.52. The van der Waals surface area contributed by atoms with Crippen LogP contribution in [0.3, 0.4) is 0 Å². The van der Waals surface area contributed by atoms with Crippen molar-refractivity contribution in [3.05, 3.63) is 64.4 Å². The predicted molar refractivity (Wildman–Crippen MR) is 117 cm³/mol. The van der Waals surface area contributed by atoms with Crippen molar-refractivity contribution >= 4 is 39.3 Å². The molecule has 1 aliphatic heterocycles. The summed E-state index contributed by atoms with van der Waals surface area (Å²) >= 11 is 4.81. The van der Waals surface area contributed by atoms with Crippen LogP contribution in [0, 0.1) is 6.92 Å². The van der Waals surface area contributed by atoms with Gasteiger partial charge in [-0.25, -0.2) is 4.68 Å². The Bertz CT molecular complexity index is 1010. The van der Waals surface area contributed by atoms with E-state index in [1.807, 2.05) is 67.1 Å². The second-order valence-corrected chi connectivity index (χ2v) is 8.53. The van der Waals surface area contributed by atoms with Gasteiger partial charge in [-0.05, 0) is 55.8 Å². The van der Waals surface area contributed by atoms with Crippen molar-refractivity contribution in [2.24, 2.45) is 0 Å². The number of nitrogens with one attached hydrogen (secondary N) is 2. The lowest BCUT2D eigenvalue weighted by molar-refractivity contribution is -0.116. The van der Waals surface area contributed by atoms with Crippen molar-refractivity contribution < 1.29 is 9.53 Å². The van der Waals surface area contributed by atoms with Gasteiger partial charge in [0.1, 0.15) is 16.8 Å². The summed E-state index contributed by atoms with van der Waals surface area (Å²) in [6.07, 6.45) is 0. The van der Waals surface area contributed by atoms with Crippen molar-refractivity contribution in [1.82, 2.24) is 14.9 Å². The molecule has 3 aromatic rings. The fourth-order valence-corrected chi connectivity index (χ4v) is 4.48. The lowest BCUT2D eigenvalue weighted by Crippen LogP contribution is -2.41. The summed E-state index contributed by atoms with van der Waals surface area (Å²) in [4.78, 5) is 13.2. The number of aromatic nitrogens is 3. The molecule has 0 radical (unpaired) electrons. The van der Waals surface area contributed by atoms with Gasteiger partial charge in [0.25, 0.3) is 0 Å². The van der Waals surface area contributed by atoms with Gasteiger partial charge >= 0.3 is 0 Å². The third-order valence-corrected chi connectivity index (χ3v) is 6.26. The van der Waals surface area contributed by atoms with Gasteiger partial charge in [-0.15, -0.1) is 10.2 Å². The van der Waals surface area contributed by atoms with Crippen molar-refractivity contribution in [3.8, 4) is 5.75 Å².